The van der Waals surface area contributed by atoms with Crippen molar-refractivity contribution in [2.24, 2.45) is 0 Å². The van der Waals surface area contributed by atoms with Crippen molar-refractivity contribution in [1.82, 2.24) is 35.6 Å². The van der Waals surface area contributed by atoms with Crippen LogP contribution in [0.15, 0.2) is 60.7 Å². The molecule has 15 nitrogen and oxygen atoms in total. The summed E-state index contributed by atoms with van der Waals surface area (Å²) in [7, 11) is 2.61. The van der Waals surface area contributed by atoms with Gasteiger partial charge in [0.1, 0.15) is 13.2 Å². The topological polar surface area (TPSA) is 154 Å². The van der Waals surface area contributed by atoms with E-state index in [2.05, 4.69) is 67.8 Å². The Morgan fingerprint density at radius 1 is 0.667 bits per heavy atom. The van der Waals surface area contributed by atoms with Crippen molar-refractivity contribution in [3.05, 3.63) is 71.8 Å². The molecule has 0 saturated carbocycles. The van der Waals surface area contributed by atoms with Gasteiger partial charge in [0.05, 0.1) is 14.2 Å². The van der Waals surface area contributed by atoms with Gasteiger partial charge in [0.25, 0.3) is 0 Å². The number of alkyl carbamates (subject to hydrolysis) is 2. The highest BCUT2D eigenvalue weighted by Gasteiger charge is 2.21. The van der Waals surface area contributed by atoms with Crippen LogP contribution in [0.25, 0.3) is 0 Å². The van der Waals surface area contributed by atoms with Gasteiger partial charge in [-0.1, -0.05) is 81.4 Å². The molecule has 0 spiro atoms. The average molecular weight is 780 g/mol. The zero-order chi connectivity index (χ0) is 39.8. The van der Waals surface area contributed by atoms with E-state index in [0.717, 1.165) is 63.5 Å². The number of amides is 3. The highest BCUT2D eigenvalue weighted by atomic mass is 35.5. The first kappa shape index (κ1) is 47.9. The van der Waals surface area contributed by atoms with Crippen molar-refractivity contribution in [2.45, 2.75) is 34.0 Å². The lowest BCUT2D eigenvalue weighted by Gasteiger charge is -2.33. The molecular formula is C38H62ClN7O8. The van der Waals surface area contributed by atoms with E-state index in [1.54, 1.807) is 4.90 Å². The fraction of sp³-hybridized carbons (Fsp3) is 0.579. The second-order valence-electron chi connectivity index (χ2n) is 11.9. The van der Waals surface area contributed by atoms with E-state index in [1.807, 2.05) is 60.7 Å². The Morgan fingerprint density at radius 2 is 1.07 bits per heavy atom. The number of methoxy groups -OCH3 is 2. The van der Waals surface area contributed by atoms with E-state index in [0.29, 0.717) is 32.8 Å². The zero-order valence-electron chi connectivity index (χ0n) is 32.7. The number of rotatable bonds is 13. The number of carbonyl (C=O) groups is 4. The maximum Gasteiger partial charge on any atom is 0.409 e. The Labute approximate surface area is 326 Å². The summed E-state index contributed by atoms with van der Waals surface area (Å²) in [6, 6.07) is 19.2. The number of carbonyl (C=O) groups excluding carboxylic acids is 4. The molecule has 0 aromatic heterocycles. The highest BCUT2D eigenvalue weighted by molar-refractivity contribution is 6.61. The predicted molar refractivity (Wildman–Crippen MR) is 211 cm³/mol. The van der Waals surface area contributed by atoms with Crippen LogP contribution in [0, 0.1) is 0 Å². The van der Waals surface area contributed by atoms with E-state index >= 15 is 0 Å². The molecule has 16 heteroatoms. The summed E-state index contributed by atoms with van der Waals surface area (Å²) in [6.45, 7) is 20.4. The van der Waals surface area contributed by atoms with Crippen LogP contribution in [0.5, 0.6) is 0 Å². The van der Waals surface area contributed by atoms with Crippen LogP contribution in [0.4, 0.5) is 19.2 Å². The molecule has 4 rings (SSSR count). The Morgan fingerprint density at radius 3 is 1.43 bits per heavy atom. The maximum atomic E-state index is 11.6. The van der Waals surface area contributed by atoms with Gasteiger partial charge < -0.3 is 44.7 Å². The number of nitrogens with zero attached hydrogens (tertiary/aromatic N) is 4. The molecule has 2 aliphatic heterocycles. The van der Waals surface area contributed by atoms with Gasteiger partial charge in [0.15, 0.2) is 0 Å². The number of halogens is 1. The Bertz CT molecular complexity index is 1260. The summed E-state index contributed by atoms with van der Waals surface area (Å²) in [5.41, 5.74) is 1.19. The largest absolute Gasteiger partial charge is 0.457 e. The zero-order valence-corrected chi connectivity index (χ0v) is 33.5. The van der Waals surface area contributed by atoms with Crippen LogP contribution in [-0.4, -0.2) is 156 Å². The molecule has 3 amide bonds. The van der Waals surface area contributed by atoms with Crippen LogP contribution in [0.2, 0.25) is 0 Å². The summed E-state index contributed by atoms with van der Waals surface area (Å²) in [5.74, 6) is 0. The number of nitrogens with one attached hydrogen (secondary N) is 3. The van der Waals surface area contributed by atoms with E-state index < -0.39 is 11.5 Å². The number of hydrogen-bond acceptors (Lipinski definition) is 12. The first-order valence-electron chi connectivity index (χ1n) is 18.5. The maximum absolute atomic E-state index is 11.6. The first-order valence-corrected chi connectivity index (χ1v) is 18.9. The van der Waals surface area contributed by atoms with E-state index in [9.17, 15) is 19.2 Å². The van der Waals surface area contributed by atoms with Crippen molar-refractivity contribution in [2.75, 3.05) is 112 Å². The van der Waals surface area contributed by atoms with Gasteiger partial charge in [-0.15, -0.1) is 0 Å². The lowest BCUT2D eigenvalue weighted by Crippen LogP contribution is -2.50. The molecule has 2 aromatic carbocycles. The lowest BCUT2D eigenvalue weighted by molar-refractivity contribution is 0.0907. The Kier molecular flexibility index (Phi) is 27.7. The number of hydrogen-bond donors (Lipinski definition) is 3. The predicted octanol–water partition coefficient (Wildman–Crippen LogP) is 4.45. The van der Waals surface area contributed by atoms with Crippen LogP contribution >= 0.6 is 11.6 Å². The molecule has 2 fully saturated rings. The van der Waals surface area contributed by atoms with Crippen molar-refractivity contribution in [1.29, 1.82) is 0 Å². The van der Waals surface area contributed by atoms with Crippen molar-refractivity contribution in [3.8, 4) is 0 Å². The van der Waals surface area contributed by atoms with E-state index in [-0.39, 0.29) is 18.8 Å². The van der Waals surface area contributed by atoms with Gasteiger partial charge in [-0.05, 0) is 30.8 Å². The molecule has 0 unspecified atom stereocenters. The fourth-order valence-corrected chi connectivity index (χ4v) is 5.07. The summed E-state index contributed by atoms with van der Waals surface area (Å²) in [5, 5.41) is 8.81. The molecule has 2 heterocycles. The van der Waals surface area contributed by atoms with Crippen molar-refractivity contribution in [3.63, 3.8) is 0 Å². The van der Waals surface area contributed by atoms with Gasteiger partial charge in [-0.25, -0.2) is 19.2 Å². The quantitative estimate of drug-likeness (QED) is 0.194. The third-order valence-corrected chi connectivity index (χ3v) is 8.49. The first-order chi connectivity index (χ1) is 26.1. The second kappa shape index (κ2) is 31.2. The Hall–Kier alpha value is -4.15. The molecule has 54 heavy (non-hydrogen) atoms. The molecule has 0 atom stereocenters. The summed E-state index contributed by atoms with van der Waals surface area (Å²) in [4.78, 5) is 52.4. The molecule has 2 saturated heterocycles. The minimum atomic E-state index is -0.773. The van der Waals surface area contributed by atoms with Crippen LogP contribution in [-0.2, 0) is 32.2 Å². The molecular weight excluding hydrogens is 718 g/mol. The summed E-state index contributed by atoms with van der Waals surface area (Å²) < 4.78 is 18.9. The van der Waals surface area contributed by atoms with Gasteiger partial charge in [-0.2, -0.15) is 0 Å². The normalized spacial score (nSPS) is 14.0. The minimum absolute atomic E-state index is 0.268. The van der Waals surface area contributed by atoms with Gasteiger partial charge >= 0.3 is 23.7 Å². The summed E-state index contributed by atoms with van der Waals surface area (Å²) in [6.07, 6.45) is -1.05. The Balaban J connectivity index is 0.000000420. The van der Waals surface area contributed by atoms with Crippen LogP contribution in [0.1, 0.15) is 31.9 Å². The SMILES string of the molecule is CCN(CC)CC.COC(=O)Cl.COC(=O)N1CCN(CCNC(=O)OCc2ccccc2)CC1.O=C(NCCN1CCNCC1)OCc1ccccc1. The smallest absolute Gasteiger partial charge is 0.409 e. The number of ether oxygens (including phenoxy) is 4. The third-order valence-electron chi connectivity index (χ3n) is 8.34. The second-order valence-corrected chi connectivity index (χ2v) is 12.2. The molecule has 0 radical (unpaired) electrons. The van der Waals surface area contributed by atoms with Gasteiger partial charge in [0, 0.05) is 90.1 Å². The van der Waals surface area contributed by atoms with Crippen LogP contribution < -0.4 is 16.0 Å². The minimum Gasteiger partial charge on any atom is -0.457 e. The molecule has 2 aliphatic rings. The fourth-order valence-electron chi connectivity index (χ4n) is 5.07. The third kappa shape index (κ3) is 24.2. The average Bonchev–Trinajstić information content (AvgIpc) is 3.22. The summed E-state index contributed by atoms with van der Waals surface area (Å²) >= 11 is 4.60. The molecule has 0 aliphatic carbocycles. The van der Waals surface area contributed by atoms with Crippen molar-refractivity contribution >= 4 is 35.3 Å². The van der Waals surface area contributed by atoms with E-state index in [1.165, 1.54) is 33.9 Å². The molecule has 0 bridgehead atoms. The monoisotopic (exact) mass is 779 g/mol. The lowest BCUT2D eigenvalue weighted by atomic mass is 10.2. The molecule has 3 N–H and O–H groups in total. The standard InChI is InChI=1S/C16H23N3O4.C14H21N3O2.C6H15N.C2H3ClO2/c1-22-16(21)19-11-9-18(10-12-19)8-7-17-15(20)23-13-14-5-3-2-4-6-14;18-14(19-12-13-4-2-1-3-5-13)16-8-11-17-9-6-15-7-10-17;1-4-7(5-2)6-3;1-5-2(3)4/h2-6H,7-13H2,1H3,(H,17,20);1-5,15H,6-12H2,(H,16,18);4-6H2,1-3H3;1H3. The number of piperazine rings is 2. The van der Waals surface area contributed by atoms with Crippen LogP contribution in [0.3, 0.4) is 0 Å². The molecule has 304 valence electrons. The van der Waals surface area contributed by atoms with E-state index in [4.69, 9.17) is 14.2 Å². The molecule has 2 aromatic rings. The van der Waals surface area contributed by atoms with Gasteiger partial charge in [0.2, 0.25) is 0 Å². The highest BCUT2D eigenvalue weighted by Crippen LogP contribution is 2.04. The van der Waals surface area contributed by atoms with Crippen molar-refractivity contribution < 1.29 is 38.1 Å². The number of benzene rings is 2. The van der Waals surface area contributed by atoms with Gasteiger partial charge in [-0.3, -0.25) is 9.80 Å².